The van der Waals surface area contributed by atoms with Crippen LogP contribution in [0.4, 0.5) is 5.82 Å². The SMILES string of the molecule is CNc1cc(C(=O)NCc2cccnn2)c(Cl)cn1. The number of aromatic nitrogens is 3. The summed E-state index contributed by atoms with van der Waals surface area (Å²) >= 11 is 5.95. The van der Waals surface area contributed by atoms with Gasteiger partial charge in [-0.3, -0.25) is 4.79 Å². The van der Waals surface area contributed by atoms with Crippen LogP contribution in [0.1, 0.15) is 16.1 Å². The van der Waals surface area contributed by atoms with Crippen molar-refractivity contribution in [1.82, 2.24) is 20.5 Å². The van der Waals surface area contributed by atoms with Crippen molar-refractivity contribution in [3.05, 3.63) is 46.9 Å². The Morgan fingerprint density at radius 1 is 1.47 bits per heavy atom. The summed E-state index contributed by atoms with van der Waals surface area (Å²) in [6.07, 6.45) is 3.01. The molecule has 0 bridgehead atoms. The third-order valence-electron chi connectivity index (χ3n) is 2.41. The summed E-state index contributed by atoms with van der Waals surface area (Å²) in [5.41, 5.74) is 1.04. The van der Waals surface area contributed by atoms with Gasteiger partial charge in [-0.2, -0.15) is 10.2 Å². The number of nitrogens with one attached hydrogen (secondary N) is 2. The number of carbonyl (C=O) groups is 1. The molecule has 2 aromatic heterocycles. The van der Waals surface area contributed by atoms with Crippen LogP contribution in [0.2, 0.25) is 5.02 Å². The number of halogens is 1. The van der Waals surface area contributed by atoms with Crippen LogP contribution in [0.25, 0.3) is 0 Å². The van der Waals surface area contributed by atoms with Crippen molar-refractivity contribution >= 4 is 23.3 Å². The molecule has 0 fully saturated rings. The Hall–Kier alpha value is -2.21. The molecule has 2 rings (SSSR count). The van der Waals surface area contributed by atoms with Gasteiger partial charge in [0, 0.05) is 19.4 Å². The van der Waals surface area contributed by atoms with Crippen LogP contribution in [0.5, 0.6) is 0 Å². The molecule has 1 amide bonds. The van der Waals surface area contributed by atoms with E-state index in [1.54, 1.807) is 31.4 Å². The van der Waals surface area contributed by atoms with E-state index in [9.17, 15) is 4.79 Å². The van der Waals surface area contributed by atoms with E-state index in [1.165, 1.54) is 6.20 Å². The number of hydrogen-bond donors (Lipinski definition) is 2. The topological polar surface area (TPSA) is 79.8 Å². The maximum atomic E-state index is 12.0. The maximum Gasteiger partial charge on any atom is 0.253 e. The Bertz CT molecular complexity index is 576. The lowest BCUT2D eigenvalue weighted by molar-refractivity contribution is 0.0950. The third-order valence-corrected chi connectivity index (χ3v) is 2.71. The van der Waals surface area contributed by atoms with Crippen LogP contribution >= 0.6 is 11.6 Å². The van der Waals surface area contributed by atoms with Gasteiger partial charge in [-0.25, -0.2) is 4.98 Å². The molecule has 2 heterocycles. The molecule has 2 aromatic rings. The maximum absolute atomic E-state index is 12.0. The highest BCUT2D eigenvalue weighted by atomic mass is 35.5. The van der Waals surface area contributed by atoms with E-state index >= 15 is 0 Å². The molecule has 0 radical (unpaired) electrons. The first kappa shape index (κ1) is 13.2. The zero-order valence-electron chi connectivity index (χ0n) is 10.2. The van der Waals surface area contributed by atoms with E-state index in [2.05, 4.69) is 25.8 Å². The first-order chi connectivity index (χ1) is 9.20. The second-order valence-electron chi connectivity index (χ2n) is 3.70. The van der Waals surface area contributed by atoms with Crippen molar-refractivity contribution in [1.29, 1.82) is 0 Å². The number of nitrogens with zero attached hydrogens (tertiary/aromatic N) is 3. The average molecular weight is 278 g/mol. The predicted molar refractivity (Wildman–Crippen MR) is 72.0 cm³/mol. The summed E-state index contributed by atoms with van der Waals surface area (Å²) in [6, 6.07) is 5.13. The largest absolute Gasteiger partial charge is 0.373 e. The van der Waals surface area contributed by atoms with Crippen LogP contribution in [0.15, 0.2) is 30.6 Å². The molecule has 0 aliphatic carbocycles. The molecular formula is C12H12ClN5O. The third kappa shape index (κ3) is 3.38. The molecule has 0 saturated heterocycles. The molecule has 7 heteroatoms. The van der Waals surface area contributed by atoms with E-state index < -0.39 is 0 Å². The Balaban J connectivity index is 2.08. The van der Waals surface area contributed by atoms with Gasteiger partial charge in [0.1, 0.15) is 5.82 Å². The van der Waals surface area contributed by atoms with Crippen molar-refractivity contribution in [3.63, 3.8) is 0 Å². The van der Waals surface area contributed by atoms with Crippen LogP contribution in [0.3, 0.4) is 0 Å². The van der Waals surface area contributed by atoms with Gasteiger partial charge in [0.2, 0.25) is 0 Å². The standard InChI is InChI=1S/C12H12ClN5O/c1-14-11-5-9(10(13)7-15-11)12(19)16-6-8-3-2-4-17-18-8/h2-5,7H,6H2,1H3,(H,14,15)(H,16,19). The molecule has 0 atom stereocenters. The number of rotatable bonds is 4. The molecule has 6 nitrogen and oxygen atoms in total. The fourth-order valence-corrected chi connectivity index (χ4v) is 1.63. The normalized spacial score (nSPS) is 10.0. The van der Waals surface area contributed by atoms with Crippen molar-refractivity contribution in [2.75, 3.05) is 12.4 Å². The zero-order chi connectivity index (χ0) is 13.7. The molecule has 2 N–H and O–H groups in total. The van der Waals surface area contributed by atoms with Gasteiger partial charge in [-0.05, 0) is 18.2 Å². The molecule has 0 aliphatic rings. The van der Waals surface area contributed by atoms with Crippen molar-refractivity contribution in [2.24, 2.45) is 0 Å². The summed E-state index contributed by atoms with van der Waals surface area (Å²) in [4.78, 5) is 16.0. The first-order valence-electron chi connectivity index (χ1n) is 5.59. The quantitative estimate of drug-likeness (QED) is 0.885. The first-order valence-corrected chi connectivity index (χ1v) is 5.96. The lowest BCUT2D eigenvalue weighted by atomic mass is 10.2. The Labute approximate surface area is 115 Å². The van der Waals surface area contributed by atoms with Gasteiger partial charge < -0.3 is 10.6 Å². The van der Waals surface area contributed by atoms with Crippen LogP contribution in [-0.2, 0) is 6.54 Å². The molecule has 0 saturated carbocycles. The van der Waals surface area contributed by atoms with Gasteiger partial charge in [-0.15, -0.1) is 0 Å². The fourth-order valence-electron chi connectivity index (χ4n) is 1.44. The second kappa shape index (κ2) is 6.10. The summed E-state index contributed by atoms with van der Waals surface area (Å²) in [7, 11) is 1.72. The summed E-state index contributed by atoms with van der Waals surface area (Å²) < 4.78 is 0. The minimum absolute atomic E-state index is 0.283. The molecular weight excluding hydrogens is 266 g/mol. The molecule has 19 heavy (non-hydrogen) atoms. The lowest BCUT2D eigenvalue weighted by Crippen LogP contribution is -2.24. The van der Waals surface area contributed by atoms with Gasteiger partial charge in [0.15, 0.2) is 0 Å². The predicted octanol–water partition coefficient (Wildman–Crippen LogP) is 1.50. The van der Waals surface area contributed by atoms with Crippen molar-refractivity contribution in [3.8, 4) is 0 Å². The number of carbonyl (C=O) groups excluding carboxylic acids is 1. The van der Waals surface area contributed by atoms with E-state index in [0.29, 0.717) is 28.6 Å². The Morgan fingerprint density at radius 2 is 2.32 bits per heavy atom. The van der Waals surface area contributed by atoms with E-state index in [0.717, 1.165) is 0 Å². The minimum atomic E-state index is -0.283. The van der Waals surface area contributed by atoms with Gasteiger partial charge >= 0.3 is 0 Å². The molecule has 98 valence electrons. The zero-order valence-corrected chi connectivity index (χ0v) is 11.0. The summed E-state index contributed by atoms with van der Waals surface area (Å²) in [6.45, 7) is 0.292. The number of anilines is 1. The molecule has 0 unspecified atom stereocenters. The Morgan fingerprint density at radius 3 is 3.00 bits per heavy atom. The smallest absolute Gasteiger partial charge is 0.253 e. The van der Waals surface area contributed by atoms with Crippen molar-refractivity contribution in [2.45, 2.75) is 6.54 Å². The van der Waals surface area contributed by atoms with Gasteiger partial charge in [0.25, 0.3) is 5.91 Å². The molecule has 0 aliphatic heterocycles. The number of hydrogen-bond acceptors (Lipinski definition) is 5. The highest BCUT2D eigenvalue weighted by molar-refractivity contribution is 6.33. The second-order valence-corrected chi connectivity index (χ2v) is 4.10. The highest BCUT2D eigenvalue weighted by Gasteiger charge is 2.11. The van der Waals surface area contributed by atoms with Crippen LogP contribution < -0.4 is 10.6 Å². The molecule has 0 spiro atoms. The number of pyridine rings is 1. The highest BCUT2D eigenvalue weighted by Crippen LogP contribution is 2.17. The fraction of sp³-hybridized carbons (Fsp3) is 0.167. The summed E-state index contributed by atoms with van der Waals surface area (Å²) in [5.74, 6) is 0.295. The van der Waals surface area contributed by atoms with Gasteiger partial charge in [0.05, 0.1) is 22.8 Å². The van der Waals surface area contributed by atoms with Gasteiger partial charge in [-0.1, -0.05) is 11.6 Å². The van der Waals surface area contributed by atoms with E-state index in [1.807, 2.05) is 0 Å². The lowest BCUT2D eigenvalue weighted by Gasteiger charge is -2.07. The minimum Gasteiger partial charge on any atom is -0.373 e. The Kier molecular flexibility index (Phi) is 4.25. The van der Waals surface area contributed by atoms with E-state index in [4.69, 9.17) is 11.6 Å². The van der Waals surface area contributed by atoms with Crippen LogP contribution in [0, 0.1) is 0 Å². The average Bonchev–Trinajstić information content (AvgIpc) is 2.46. The molecule has 0 aromatic carbocycles. The summed E-state index contributed by atoms with van der Waals surface area (Å²) in [5, 5.41) is 13.5. The van der Waals surface area contributed by atoms with Crippen LogP contribution in [-0.4, -0.2) is 28.1 Å². The van der Waals surface area contributed by atoms with Crippen molar-refractivity contribution < 1.29 is 4.79 Å². The van der Waals surface area contributed by atoms with E-state index in [-0.39, 0.29) is 5.91 Å². The number of amides is 1. The monoisotopic (exact) mass is 277 g/mol.